The molecule has 0 spiro atoms. The summed E-state index contributed by atoms with van der Waals surface area (Å²) in [5.41, 5.74) is 0.872. The first-order valence-corrected chi connectivity index (χ1v) is 4.43. The summed E-state index contributed by atoms with van der Waals surface area (Å²) < 4.78 is 18.5. The molecule has 0 amide bonds. The van der Waals surface area contributed by atoms with Gasteiger partial charge < -0.3 is 10.1 Å². The van der Waals surface area contributed by atoms with Gasteiger partial charge in [-0.3, -0.25) is 0 Å². The SMILES string of the molecule is CNc1ccc(F)c(OC2CC2)c1. The van der Waals surface area contributed by atoms with Gasteiger partial charge in [-0.25, -0.2) is 4.39 Å². The van der Waals surface area contributed by atoms with E-state index in [0.29, 0.717) is 5.75 Å². The van der Waals surface area contributed by atoms with E-state index in [1.54, 1.807) is 19.2 Å². The molecule has 1 aromatic rings. The summed E-state index contributed by atoms with van der Waals surface area (Å²) in [7, 11) is 1.80. The summed E-state index contributed by atoms with van der Waals surface area (Å²) in [5.74, 6) is 0.0697. The summed E-state index contributed by atoms with van der Waals surface area (Å²) in [6.45, 7) is 0. The maximum atomic E-state index is 13.1. The third kappa shape index (κ3) is 1.91. The van der Waals surface area contributed by atoms with E-state index < -0.39 is 0 Å². The van der Waals surface area contributed by atoms with Crippen LogP contribution in [-0.2, 0) is 0 Å². The number of ether oxygens (including phenoxy) is 1. The molecule has 0 radical (unpaired) electrons. The molecule has 2 rings (SSSR count). The second kappa shape index (κ2) is 3.24. The van der Waals surface area contributed by atoms with E-state index in [2.05, 4.69) is 5.32 Å². The molecule has 1 aliphatic rings. The topological polar surface area (TPSA) is 21.3 Å². The number of hydrogen-bond donors (Lipinski definition) is 1. The van der Waals surface area contributed by atoms with Gasteiger partial charge in [0.1, 0.15) is 0 Å². The molecule has 0 bridgehead atoms. The van der Waals surface area contributed by atoms with Gasteiger partial charge in [0.15, 0.2) is 11.6 Å². The summed E-state index contributed by atoms with van der Waals surface area (Å²) >= 11 is 0. The number of halogens is 1. The third-order valence-corrected chi connectivity index (χ3v) is 2.04. The second-order valence-corrected chi connectivity index (χ2v) is 3.21. The van der Waals surface area contributed by atoms with Crippen molar-refractivity contribution < 1.29 is 9.13 Å². The molecule has 13 heavy (non-hydrogen) atoms. The maximum Gasteiger partial charge on any atom is 0.165 e. The molecule has 3 heteroatoms. The van der Waals surface area contributed by atoms with Crippen LogP contribution in [0, 0.1) is 5.82 Å². The van der Waals surface area contributed by atoms with Crippen LogP contribution in [0.3, 0.4) is 0 Å². The van der Waals surface area contributed by atoms with Crippen molar-refractivity contribution in [3.8, 4) is 5.75 Å². The molecule has 0 atom stereocenters. The first-order chi connectivity index (χ1) is 6.29. The lowest BCUT2D eigenvalue weighted by Crippen LogP contribution is -1.99. The lowest BCUT2D eigenvalue weighted by molar-refractivity contribution is 0.288. The Hall–Kier alpha value is -1.25. The number of rotatable bonds is 3. The monoisotopic (exact) mass is 181 g/mol. The van der Waals surface area contributed by atoms with E-state index in [4.69, 9.17) is 4.74 Å². The van der Waals surface area contributed by atoms with Crippen molar-refractivity contribution in [1.29, 1.82) is 0 Å². The molecule has 1 saturated carbocycles. The molecule has 0 aromatic heterocycles. The molecule has 0 saturated heterocycles. The van der Waals surface area contributed by atoms with E-state index in [1.165, 1.54) is 6.07 Å². The van der Waals surface area contributed by atoms with Crippen molar-refractivity contribution in [3.05, 3.63) is 24.0 Å². The Morgan fingerprint density at radius 3 is 2.85 bits per heavy atom. The predicted octanol–water partition coefficient (Wildman–Crippen LogP) is 2.41. The molecule has 0 aliphatic heterocycles. The van der Waals surface area contributed by atoms with Gasteiger partial charge in [-0.2, -0.15) is 0 Å². The zero-order valence-electron chi connectivity index (χ0n) is 7.51. The van der Waals surface area contributed by atoms with Crippen LogP contribution in [0.4, 0.5) is 10.1 Å². The maximum absolute atomic E-state index is 13.1. The highest BCUT2D eigenvalue weighted by molar-refractivity contribution is 5.48. The average Bonchev–Trinajstić information content (AvgIpc) is 2.93. The minimum Gasteiger partial charge on any atom is -0.487 e. The Kier molecular flexibility index (Phi) is 2.08. The highest BCUT2D eigenvalue weighted by Crippen LogP contribution is 2.30. The molecule has 1 N–H and O–H groups in total. The molecule has 1 fully saturated rings. The Labute approximate surface area is 76.7 Å². The minimum absolute atomic E-state index is 0.238. The van der Waals surface area contributed by atoms with Gasteiger partial charge in [0, 0.05) is 18.8 Å². The molecule has 70 valence electrons. The quantitative estimate of drug-likeness (QED) is 0.773. The van der Waals surface area contributed by atoms with Crippen molar-refractivity contribution in [2.45, 2.75) is 18.9 Å². The summed E-state index contributed by atoms with van der Waals surface area (Å²) in [5, 5.41) is 2.94. The van der Waals surface area contributed by atoms with Gasteiger partial charge in [-0.05, 0) is 25.0 Å². The first-order valence-electron chi connectivity index (χ1n) is 4.43. The number of hydrogen-bond acceptors (Lipinski definition) is 2. The fourth-order valence-electron chi connectivity index (χ4n) is 1.11. The lowest BCUT2D eigenvalue weighted by Gasteiger charge is -2.07. The fraction of sp³-hybridized carbons (Fsp3) is 0.400. The molecule has 0 heterocycles. The smallest absolute Gasteiger partial charge is 0.165 e. The minimum atomic E-state index is -0.286. The summed E-state index contributed by atoms with van der Waals surface area (Å²) in [4.78, 5) is 0. The summed E-state index contributed by atoms with van der Waals surface area (Å²) in [6.07, 6.45) is 2.33. The molecule has 0 unspecified atom stereocenters. The van der Waals surface area contributed by atoms with Gasteiger partial charge in [0.25, 0.3) is 0 Å². The van der Waals surface area contributed by atoms with Gasteiger partial charge in [0.2, 0.25) is 0 Å². The van der Waals surface area contributed by atoms with E-state index in [1.807, 2.05) is 0 Å². The number of benzene rings is 1. The second-order valence-electron chi connectivity index (χ2n) is 3.21. The Bertz CT molecular complexity index is 310. The van der Waals surface area contributed by atoms with E-state index in [-0.39, 0.29) is 11.9 Å². The van der Waals surface area contributed by atoms with Crippen LogP contribution in [0.25, 0.3) is 0 Å². The van der Waals surface area contributed by atoms with Crippen LogP contribution in [0.5, 0.6) is 5.75 Å². The van der Waals surface area contributed by atoms with Crippen molar-refractivity contribution in [2.75, 3.05) is 12.4 Å². The van der Waals surface area contributed by atoms with Crippen LogP contribution < -0.4 is 10.1 Å². The van der Waals surface area contributed by atoms with Gasteiger partial charge in [0.05, 0.1) is 6.10 Å². The highest BCUT2D eigenvalue weighted by Gasteiger charge is 2.24. The molecule has 1 aromatic carbocycles. The molecule has 2 nitrogen and oxygen atoms in total. The zero-order chi connectivity index (χ0) is 9.26. The normalized spacial score (nSPS) is 15.5. The van der Waals surface area contributed by atoms with Crippen LogP contribution in [0.2, 0.25) is 0 Å². The Balaban J connectivity index is 2.19. The molecular formula is C10H12FNO. The van der Waals surface area contributed by atoms with E-state index >= 15 is 0 Å². The van der Waals surface area contributed by atoms with Crippen LogP contribution in [-0.4, -0.2) is 13.2 Å². The predicted molar refractivity (Wildman–Crippen MR) is 49.6 cm³/mol. The van der Waals surface area contributed by atoms with Crippen LogP contribution in [0.1, 0.15) is 12.8 Å². The first kappa shape index (κ1) is 8.35. The largest absolute Gasteiger partial charge is 0.487 e. The van der Waals surface area contributed by atoms with Crippen molar-refractivity contribution in [3.63, 3.8) is 0 Å². The average molecular weight is 181 g/mol. The fourth-order valence-corrected chi connectivity index (χ4v) is 1.11. The van der Waals surface area contributed by atoms with E-state index in [0.717, 1.165) is 18.5 Å². The Morgan fingerprint density at radius 1 is 1.46 bits per heavy atom. The van der Waals surface area contributed by atoms with Crippen LogP contribution in [0.15, 0.2) is 18.2 Å². The van der Waals surface area contributed by atoms with Crippen molar-refractivity contribution in [2.24, 2.45) is 0 Å². The zero-order valence-corrected chi connectivity index (χ0v) is 7.51. The standard InChI is InChI=1S/C10H12FNO/c1-12-7-2-5-9(11)10(6-7)13-8-3-4-8/h2,5-6,8,12H,3-4H2,1H3. The molecule has 1 aliphatic carbocycles. The van der Waals surface area contributed by atoms with E-state index in [9.17, 15) is 4.39 Å². The van der Waals surface area contributed by atoms with Gasteiger partial charge in [-0.1, -0.05) is 0 Å². The van der Waals surface area contributed by atoms with Gasteiger partial charge >= 0.3 is 0 Å². The van der Waals surface area contributed by atoms with Crippen LogP contribution >= 0.6 is 0 Å². The number of nitrogens with one attached hydrogen (secondary N) is 1. The van der Waals surface area contributed by atoms with Crippen molar-refractivity contribution in [1.82, 2.24) is 0 Å². The van der Waals surface area contributed by atoms with Gasteiger partial charge in [-0.15, -0.1) is 0 Å². The lowest BCUT2D eigenvalue weighted by atomic mass is 10.3. The van der Waals surface area contributed by atoms with Crippen molar-refractivity contribution >= 4 is 5.69 Å². The number of anilines is 1. The third-order valence-electron chi connectivity index (χ3n) is 2.04. The Morgan fingerprint density at radius 2 is 2.23 bits per heavy atom. The molecular weight excluding hydrogens is 169 g/mol. The highest BCUT2D eigenvalue weighted by atomic mass is 19.1. The summed E-state index contributed by atoms with van der Waals surface area (Å²) in [6, 6.07) is 4.80.